The van der Waals surface area contributed by atoms with E-state index in [2.05, 4.69) is 31.0 Å². The highest BCUT2D eigenvalue weighted by Crippen LogP contribution is 2.27. The zero-order valence-electron chi connectivity index (χ0n) is 14.4. The summed E-state index contributed by atoms with van der Waals surface area (Å²) in [5, 5.41) is 0. The molecule has 0 saturated heterocycles. The molecular weight excluding hydrogens is 302 g/mol. The Bertz CT molecular complexity index is 812. The lowest BCUT2D eigenvalue weighted by Gasteiger charge is -2.30. The Morgan fingerprint density at radius 1 is 1.21 bits per heavy atom. The van der Waals surface area contributed by atoms with Crippen molar-refractivity contribution >= 4 is 11.6 Å². The normalized spacial score (nSPS) is 17.4. The van der Waals surface area contributed by atoms with Gasteiger partial charge in [-0.2, -0.15) is 0 Å². The Balaban J connectivity index is 1.99. The van der Waals surface area contributed by atoms with E-state index < -0.39 is 0 Å². The van der Waals surface area contributed by atoms with Crippen LogP contribution in [0, 0.1) is 0 Å². The van der Waals surface area contributed by atoms with Crippen molar-refractivity contribution in [3.63, 3.8) is 0 Å². The van der Waals surface area contributed by atoms with E-state index in [4.69, 9.17) is 0 Å². The Morgan fingerprint density at radius 3 is 2.67 bits per heavy atom. The minimum atomic E-state index is -0.166. The van der Waals surface area contributed by atoms with Crippen LogP contribution in [0.25, 0.3) is 0 Å². The van der Waals surface area contributed by atoms with E-state index in [1.807, 2.05) is 17.0 Å². The third-order valence-electron chi connectivity index (χ3n) is 4.75. The first-order valence-corrected chi connectivity index (χ1v) is 8.28. The van der Waals surface area contributed by atoms with Crippen molar-refractivity contribution in [1.29, 1.82) is 0 Å². The van der Waals surface area contributed by atoms with Gasteiger partial charge in [-0.1, -0.05) is 25.1 Å². The molecule has 1 atom stereocenters. The van der Waals surface area contributed by atoms with Gasteiger partial charge in [0.15, 0.2) is 0 Å². The Morgan fingerprint density at radius 2 is 1.96 bits per heavy atom. The number of benzene rings is 1. The molecule has 1 amide bonds. The third-order valence-corrected chi connectivity index (χ3v) is 4.75. The minimum absolute atomic E-state index is 0.0790. The van der Waals surface area contributed by atoms with E-state index in [0.29, 0.717) is 12.1 Å². The number of anilines is 1. The number of likely N-dealkylation sites (N-methyl/N-ethyl adjacent to an activating group) is 1. The van der Waals surface area contributed by atoms with E-state index in [-0.39, 0.29) is 17.5 Å². The molecule has 2 heterocycles. The summed E-state index contributed by atoms with van der Waals surface area (Å²) in [7, 11) is 3.75. The number of carbonyl (C=O) groups is 1. The fraction of sp³-hybridized carbons (Fsp3) is 0.368. The maximum absolute atomic E-state index is 13.1. The van der Waals surface area contributed by atoms with Crippen molar-refractivity contribution in [2.45, 2.75) is 25.9 Å². The predicted octanol–water partition coefficient (Wildman–Crippen LogP) is 2.26. The molecule has 0 fully saturated rings. The van der Waals surface area contributed by atoms with Gasteiger partial charge >= 0.3 is 0 Å². The Kier molecular flexibility index (Phi) is 4.42. The fourth-order valence-corrected chi connectivity index (χ4v) is 3.28. The van der Waals surface area contributed by atoms with Gasteiger partial charge in [-0.05, 0) is 24.1 Å². The zero-order valence-corrected chi connectivity index (χ0v) is 14.4. The largest absolute Gasteiger partial charge is 0.372 e. The van der Waals surface area contributed by atoms with Crippen molar-refractivity contribution in [2.75, 3.05) is 18.5 Å². The van der Waals surface area contributed by atoms with Crippen LogP contribution < -0.4 is 10.5 Å². The number of aromatic nitrogens is 1. The van der Waals surface area contributed by atoms with Crippen molar-refractivity contribution < 1.29 is 4.79 Å². The van der Waals surface area contributed by atoms with Crippen LogP contribution in [0.15, 0.2) is 47.4 Å². The van der Waals surface area contributed by atoms with Crippen LogP contribution in [0.1, 0.15) is 29.3 Å². The summed E-state index contributed by atoms with van der Waals surface area (Å²) in [6.45, 7) is 3.44. The van der Waals surface area contributed by atoms with Crippen molar-refractivity contribution in [1.82, 2.24) is 9.47 Å². The van der Waals surface area contributed by atoms with Gasteiger partial charge in [0.2, 0.25) is 0 Å². The number of carbonyl (C=O) groups excluding carboxylic acids is 1. The summed E-state index contributed by atoms with van der Waals surface area (Å²) < 4.78 is 1.47. The summed E-state index contributed by atoms with van der Waals surface area (Å²) in [6, 6.07) is 11.4. The van der Waals surface area contributed by atoms with Crippen molar-refractivity contribution in [2.24, 2.45) is 7.05 Å². The van der Waals surface area contributed by atoms with Crippen LogP contribution in [0.4, 0.5) is 5.69 Å². The standard InChI is InChI=1S/C19H23N3O2/c1-4-16-13-21(3)17-8-6-5-7-15(17)12-22(16)19(24)14-9-10-20(2)18(23)11-14/h5-11,16H,4,12-13H2,1-3H3/t16-/m1/s1. The topological polar surface area (TPSA) is 45.5 Å². The second-order valence-corrected chi connectivity index (χ2v) is 6.37. The lowest BCUT2D eigenvalue weighted by Crippen LogP contribution is -2.43. The average Bonchev–Trinajstić information content (AvgIpc) is 2.73. The van der Waals surface area contributed by atoms with E-state index in [9.17, 15) is 9.59 Å². The molecule has 0 saturated carbocycles. The summed E-state index contributed by atoms with van der Waals surface area (Å²) in [5.41, 5.74) is 2.59. The molecule has 2 aromatic rings. The SMILES string of the molecule is CC[C@@H]1CN(C)c2ccccc2CN1C(=O)c1ccn(C)c(=O)c1. The molecule has 0 spiro atoms. The van der Waals surface area contributed by atoms with E-state index in [1.54, 1.807) is 19.3 Å². The first kappa shape index (κ1) is 16.3. The molecule has 0 unspecified atom stereocenters. The number of amides is 1. The maximum atomic E-state index is 13.1. The number of hydrogen-bond donors (Lipinski definition) is 0. The van der Waals surface area contributed by atoms with E-state index >= 15 is 0 Å². The highest BCUT2D eigenvalue weighted by molar-refractivity contribution is 5.94. The fourth-order valence-electron chi connectivity index (χ4n) is 3.28. The lowest BCUT2D eigenvalue weighted by atomic mass is 10.1. The number of hydrogen-bond acceptors (Lipinski definition) is 3. The molecule has 5 nitrogen and oxygen atoms in total. The van der Waals surface area contributed by atoms with Crippen LogP contribution in [0.3, 0.4) is 0 Å². The van der Waals surface area contributed by atoms with Crippen LogP contribution >= 0.6 is 0 Å². The smallest absolute Gasteiger partial charge is 0.254 e. The third kappa shape index (κ3) is 2.94. The summed E-state index contributed by atoms with van der Waals surface area (Å²) in [4.78, 5) is 29.1. The molecular formula is C19H23N3O2. The Labute approximate surface area is 142 Å². The maximum Gasteiger partial charge on any atom is 0.254 e. The number of aryl methyl sites for hydroxylation is 1. The molecule has 3 rings (SSSR count). The van der Waals surface area contributed by atoms with Gasteiger partial charge in [-0.25, -0.2) is 0 Å². The molecule has 1 aliphatic rings. The summed E-state index contributed by atoms with van der Waals surface area (Å²) in [5.74, 6) is -0.0790. The molecule has 0 N–H and O–H groups in total. The number of rotatable bonds is 2. The number of pyridine rings is 1. The highest BCUT2D eigenvalue weighted by atomic mass is 16.2. The second-order valence-electron chi connectivity index (χ2n) is 6.37. The quantitative estimate of drug-likeness (QED) is 0.851. The van der Waals surface area contributed by atoms with Crippen LogP contribution in [0.2, 0.25) is 0 Å². The van der Waals surface area contributed by atoms with Crippen molar-refractivity contribution in [3.8, 4) is 0 Å². The molecule has 126 valence electrons. The van der Waals surface area contributed by atoms with Crippen LogP contribution in [-0.4, -0.2) is 35.0 Å². The molecule has 1 aromatic heterocycles. The molecule has 1 aliphatic heterocycles. The van der Waals surface area contributed by atoms with Gasteiger partial charge in [-0.15, -0.1) is 0 Å². The zero-order chi connectivity index (χ0) is 17.3. The monoisotopic (exact) mass is 325 g/mol. The van der Waals surface area contributed by atoms with Crippen LogP contribution in [0.5, 0.6) is 0 Å². The molecule has 0 aliphatic carbocycles. The number of nitrogens with zero attached hydrogens (tertiary/aromatic N) is 3. The van der Waals surface area contributed by atoms with Gasteiger partial charge in [0, 0.05) is 56.7 Å². The highest BCUT2D eigenvalue weighted by Gasteiger charge is 2.29. The summed E-state index contributed by atoms with van der Waals surface area (Å²) in [6.07, 6.45) is 2.52. The average molecular weight is 325 g/mol. The first-order chi connectivity index (χ1) is 11.5. The lowest BCUT2D eigenvalue weighted by molar-refractivity contribution is 0.0667. The molecule has 5 heteroatoms. The Hall–Kier alpha value is -2.56. The minimum Gasteiger partial charge on any atom is -0.372 e. The van der Waals surface area contributed by atoms with Gasteiger partial charge < -0.3 is 14.4 Å². The summed E-state index contributed by atoms with van der Waals surface area (Å²) >= 11 is 0. The van der Waals surface area contributed by atoms with Gasteiger partial charge in [-0.3, -0.25) is 9.59 Å². The molecule has 0 bridgehead atoms. The van der Waals surface area contributed by atoms with Gasteiger partial charge in [0.1, 0.15) is 0 Å². The van der Waals surface area contributed by atoms with Gasteiger partial charge in [0.05, 0.1) is 0 Å². The van der Waals surface area contributed by atoms with E-state index in [1.165, 1.54) is 10.6 Å². The molecule has 1 aromatic carbocycles. The second kappa shape index (κ2) is 6.51. The predicted molar refractivity (Wildman–Crippen MR) is 95.3 cm³/mol. The molecule has 0 radical (unpaired) electrons. The number of fused-ring (bicyclic) bond motifs is 1. The van der Waals surface area contributed by atoms with Crippen LogP contribution in [-0.2, 0) is 13.6 Å². The first-order valence-electron chi connectivity index (χ1n) is 8.28. The number of para-hydroxylation sites is 1. The molecule has 24 heavy (non-hydrogen) atoms. The van der Waals surface area contributed by atoms with E-state index in [0.717, 1.165) is 24.2 Å². The van der Waals surface area contributed by atoms with Crippen molar-refractivity contribution in [3.05, 3.63) is 64.1 Å². The van der Waals surface area contributed by atoms with Gasteiger partial charge in [0.25, 0.3) is 11.5 Å².